The molecule has 0 amide bonds. The first-order valence-electron chi connectivity index (χ1n) is 5.38. The quantitative estimate of drug-likeness (QED) is 0.857. The molecule has 1 aliphatic heterocycles. The third kappa shape index (κ3) is 2.39. The lowest BCUT2D eigenvalue weighted by molar-refractivity contribution is 0.0696. The van der Waals surface area contributed by atoms with Crippen molar-refractivity contribution in [2.45, 2.75) is 13.5 Å². The molecule has 7 nitrogen and oxygen atoms in total. The second-order valence-electron chi connectivity index (χ2n) is 3.78. The van der Waals surface area contributed by atoms with Crippen LogP contribution < -0.4 is 0 Å². The van der Waals surface area contributed by atoms with Gasteiger partial charge >= 0.3 is 5.97 Å². The summed E-state index contributed by atoms with van der Waals surface area (Å²) in [6.45, 7) is 3.23. The molecule has 0 aliphatic carbocycles. The van der Waals surface area contributed by atoms with Gasteiger partial charge in [0, 0.05) is 25.0 Å². The third-order valence-corrected chi connectivity index (χ3v) is 5.61. The van der Waals surface area contributed by atoms with Crippen molar-refractivity contribution in [3.05, 3.63) is 16.1 Å². The Morgan fingerprint density at radius 1 is 1.50 bits per heavy atom. The monoisotopic (exact) mass is 291 g/mol. The second kappa shape index (κ2) is 4.92. The second-order valence-corrected chi connectivity index (χ2v) is 6.57. The highest BCUT2D eigenvalue weighted by atomic mass is 32.2. The standard InChI is InChI=1S/C9H13N3O4S2/c1-2-11-3-4-12(18(11,15)16)5-7-6-17-8(10-7)9(13)14/h6H,2-5H2,1H3,(H,13,14). The van der Waals surface area contributed by atoms with Crippen LogP contribution in [0.4, 0.5) is 0 Å². The van der Waals surface area contributed by atoms with E-state index in [0.717, 1.165) is 11.3 Å². The maximum atomic E-state index is 12.0. The molecule has 1 fully saturated rings. The van der Waals surface area contributed by atoms with Gasteiger partial charge in [-0.25, -0.2) is 9.78 Å². The van der Waals surface area contributed by atoms with Crippen LogP contribution in [0.15, 0.2) is 5.38 Å². The van der Waals surface area contributed by atoms with Crippen molar-refractivity contribution < 1.29 is 18.3 Å². The average molecular weight is 291 g/mol. The van der Waals surface area contributed by atoms with E-state index in [1.807, 2.05) is 0 Å². The predicted molar refractivity (Wildman–Crippen MR) is 65.7 cm³/mol. The number of thiazole rings is 1. The predicted octanol–water partition coefficient (Wildman–Crippen LogP) is 0.224. The molecule has 1 saturated heterocycles. The number of nitrogens with zero attached hydrogens (tertiary/aromatic N) is 3. The minimum Gasteiger partial charge on any atom is -0.476 e. The lowest BCUT2D eigenvalue weighted by Gasteiger charge is -2.16. The van der Waals surface area contributed by atoms with E-state index in [0.29, 0.717) is 25.3 Å². The van der Waals surface area contributed by atoms with Crippen molar-refractivity contribution >= 4 is 27.5 Å². The molecule has 1 aromatic rings. The summed E-state index contributed by atoms with van der Waals surface area (Å²) in [6, 6.07) is 0. The minimum absolute atomic E-state index is 0.0195. The van der Waals surface area contributed by atoms with Crippen LogP contribution in [0.5, 0.6) is 0 Å². The summed E-state index contributed by atoms with van der Waals surface area (Å²) < 4.78 is 26.7. The van der Waals surface area contributed by atoms with Crippen LogP contribution >= 0.6 is 11.3 Å². The van der Waals surface area contributed by atoms with E-state index in [4.69, 9.17) is 5.11 Å². The molecule has 0 aromatic carbocycles. The molecule has 100 valence electrons. The molecule has 2 rings (SSSR count). The van der Waals surface area contributed by atoms with Gasteiger partial charge in [0.15, 0.2) is 0 Å². The van der Waals surface area contributed by atoms with Crippen molar-refractivity contribution in [3.8, 4) is 0 Å². The Morgan fingerprint density at radius 2 is 2.17 bits per heavy atom. The van der Waals surface area contributed by atoms with Gasteiger partial charge < -0.3 is 5.11 Å². The van der Waals surface area contributed by atoms with E-state index in [1.54, 1.807) is 12.3 Å². The van der Waals surface area contributed by atoms with E-state index in [-0.39, 0.29) is 11.6 Å². The Hall–Kier alpha value is -1.03. The van der Waals surface area contributed by atoms with Crippen LogP contribution in [-0.2, 0) is 16.8 Å². The zero-order valence-electron chi connectivity index (χ0n) is 9.74. The average Bonchev–Trinajstić information content (AvgIpc) is 2.85. The van der Waals surface area contributed by atoms with Gasteiger partial charge in [-0.3, -0.25) is 0 Å². The fourth-order valence-corrected chi connectivity index (χ4v) is 3.98. The van der Waals surface area contributed by atoms with Crippen molar-refractivity contribution in [1.82, 2.24) is 13.6 Å². The van der Waals surface area contributed by atoms with Gasteiger partial charge in [-0.15, -0.1) is 11.3 Å². The number of hydrogen-bond acceptors (Lipinski definition) is 5. The Morgan fingerprint density at radius 3 is 2.67 bits per heavy atom. The van der Waals surface area contributed by atoms with Crippen LogP contribution in [0.1, 0.15) is 22.4 Å². The highest BCUT2D eigenvalue weighted by Gasteiger charge is 2.35. The smallest absolute Gasteiger partial charge is 0.365 e. The largest absolute Gasteiger partial charge is 0.476 e. The molecule has 18 heavy (non-hydrogen) atoms. The summed E-state index contributed by atoms with van der Waals surface area (Å²) in [5.41, 5.74) is 0.471. The Labute approximate surface area is 109 Å². The van der Waals surface area contributed by atoms with Crippen molar-refractivity contribution in [3.63, 3.8) is 0 Å². The SMILES string of the molecule is CCN1CCN(Cc2csc(C(=O)O)n2)S1(=O)=O. The van der Waals surface area contributed by atoms with Gasteiger partial charge in [-0.05, 0) is 0 Å². The molecule has 0 atom stereocenters. The number of aromatic nitrogens is 1. The summed E-state index contributed by atoms with van der Waals surface area (Å²) in [4.78, 5) is 14.6. The third-order valence-electron chi connectivity index (χ3n) is 2.68. The number of carbonyl (C=O) groups is 1. The van der Waals surface area contributed by atoms with Gasteiger partial charge in [-0.1, -0.05) is 6.92 Å². The van der Waals surface area contributed by atoms with Gasteiger partial charge in [0.2, 0.25) is 5.01 Å². The number of hydrogen-bond donors (Lipinski definition) is 1. The number of carboxylic acids is 1. The van der Waals surface area contributed by atoms with Gasteiger partial charge in [0.05, 0.1) is 12.2 Å². The fraction of sp³-hybridized carbons (Fsp3) is 0.556. The normalized spacial score (nSPS) is 20.3. The maximum Gasteiger partial charge on any atom is 0.365 e. The zero-order chi connectivity index (χ0) is 13.3. The topological polar surface area (TPSA) is 90.8 Å². The highest BCUT2D eigenvalue weighted by Crippen LogP contribution is 2.20. The molecule has 1 N–H and O–H groups in total. The molecule has 1 aromatic heterocycles. The van der Waals surface area contributed by atoms with Crippen molar-refractivity contribution in [2.75, 3.05) is 19.6 Å². The van der Waals surface area contributed by atoms with Gasteiger partial charge in [-0.2, -0.15) is 17.0 Å². The number of aromatic carboxylic acids is 1. The first-order chi connectivity index (χ1) is 8.45. The highest BCUT2D eigenvalue weighted by molar-refractivity contribution is 7.87. The molecular weight excluding hydrogens is 278 g/mol. The van der Waals surface area contributed by atoms with E-state index < -0.39 is 16.2 Å². The van der Waals surface area contributed by atoms with Gasteiger partial charge in [0.25, 0.3) is 10.2 Å². The summed E-state index contributed by atoms with van der Waals surface area (Å²) in [6.07, 6.45) is 0. The molecule has 0 radical (unpaired) electrons. The van der Waals surface area contributed by atoms with Gasteiger partial charge in [0.1, 0.15) is 0 Å². The van der Waals surface area contributed by atoms with E-state index in [9.17, 15) is 13.2 Å². The number of carboxylic acid groups (broad SMARTS) is 1. The van der Waals surface area contributed by atoms with Crippen molar-refractivity contribution in [1.29, 1.82) is 0 Å². The molecule has 9 heteroatoms. The molecule has 1 aliphatic rings. The van der Waals surface area contributed by atoms with E-state index >= 15 is 0 Å². The number of likely N-dealkylation sites (N-methyl/N-ethyl adjacent to an activating group) is 1. The van der Waals surface area contributed by atoms with E-state index in [1.165, 1.54) is 8.61 Å². The lowest BCUT2D eigenvalue weighted by atomic mass is 10.4. The summed E-state index contributed by atoms with van der Waals surface area (Å²) in [7, 11) is -3.40. The van der Waals surface area contributed by atoms with Crippen molar-refractivity contribution in [2.24, 2.45) is 0 Å². The van der Waals surface area contributed by atoms with Crippen LogP contribution in [-0.4, -0.2) is 52.7 Å². The first-order valence-corrected chi connectivity index (χ1v) is 7.65. The first kappa shape index (κ1) is 13.4. The number of rotatable bonds is 4. The fourth-order valence-electron chi connectivity index (χ4n) is 1.76. The van der Waals surface area contributed by atoms with Crippen LogP contribution in [0.3, 0.4) is 0 Å². The Bertz CT molecular complexity index is 554. The molecule has 0 unspecified atom stereocenters. The summed E-state index contributed by atoms with van der Waals surface area (Å²) in [5.74, 6) is -1.09. The minimum atomic E-state index is -3.40. The molecular formula is C9H13N3O4S2. The maximum absolute atomic E-state index is 12.0. The van der Waals surface area contributed by atoms with Crippen LogP contribution in [0.25, 0.3) is 0 Å². The lowest BCUT2D eigenvalue weighted by Crippen LogP contribution is -2.32. The molecule has 0 spiro atoms. The summed E-state index contributed by atoms with van der Waals surface area (Å²) >= 11 is 1.00. The zero-order valence-corrected chi connectivity index (χ0v) is 11.4. The van der Waals surface area contributed by atoms with Crippen LogP contribution in [0, 0.1) is 0 Å². The molecule has 2 heterocycles. The van der Waals surface area contributed by atoms with Crippen LogP contribution in [0.2, 0.25) is 0 Å². The Balaban J connectivity index is 2.13. The summed E-state index contributed by atoms with van der Waals surface area (Å²) in [5, 5.41) is 10.3. The Kier molecular flexibility index (Phi) is 3.66. The molecule has 0 saturated carbocycles. The molecule has 0 bridgehead atoms. The van der Waals surface area contributed by atoms with E-state index in [2.05, 4.69) is 4.98 Å².